The van der Waals surface area contributed by atoms with Gasteiger partial charge >= 0.3 is 5.97 Å². The highest BCUT2D eigenvalue weighted by atomic mass is 16.5. The monoisotopic (exact) mass is 366 g/mol. The first-order chi connectivity index (χ1) is 12.9. The maximum Gasteiger partial charge on any atom is 0.328 e. The molecule has 7 heteroatoms. The van der Waals surface area contributed by atoms with E-state index in [-0.39, 0.29) is 16.6 Å². The minimum atomic E-state index is -1.01. The zero-order valence-corrected chi connectivity index (χ0v) is 14.9. The fourth-order valence-corrected chi connectivity index (χ4v) is 2.73. The van der Waals surface area contributed by atoms with Crippen molar-refractivity contribution in [3.8, 4) is 0 Å². The largest absolute Gasteiger partial charge is 0.453 e. The molecule has 3 rings (SSSR count). The third-order valence-electron chi connectivity index (χ3n) is 4.18. The van der Waals surface area contributed by atoms with E-state index in [1.165, 1.54) is 19.1 Å². The molecule has 0 aliphatic rings. The minimum Gasteiger partial charge on any atom is -0.453 e. The zero-order chi connectivity index (χ0) is 19.6. The number of aromatic amines is 1. The molecule has 0 spiro atoms. The molecule has 0 radical (unpaired) electrons. The van der Waals surface area contributed by atoms with Crippen LogP contribution in [0.2, 0.25) is 0 Å². The van der Waals surface area contributed by atoms with Crippen LogP contribution in [0.4, 0.5) is 0 Å². The van der Waals surface area contributed by atoms with Crippen LogP contribution >= 0.6 is 0 Å². The third kappa shape index (κ3) is 3.87. The van der Waals surface area contributed by atoms with Gasteiger partial charge in [0.2, 0.25) is 5.78 Å². The summed E-state index contributed by atoms with van der Waals surface area (Å²) < 4.78 is 6.02. The molecule has 7 nitrogen and oxygen atoms in total. The van der Waals surface area contributed by atoms with Gasteiger partial charge in [0, 0.05) is 5.56 Å². The van der Waals surface area contributed by atoms with Crippen molar-refractivity contribution in [2.45, 2.75) is 26.5 Å². The van der Waals surface area contributed by atoms with Crippen molar-refractivity contribution in [2.75, 3.05) is 0 Å². The number of hydrogen-bond donors (Lipinski definition) is 1. The van der Waals surface area contributed by atoms with Gasteiger partial charge in [-0.1, -0.05) is 42.0 Å². The average Bonchev–Trinajstić information content (AvgIpc) is 2.66. The number of carbonyl (C=O) groups is 2. The molecule has 0 bridgehead atoms. The summed E-state index contributed by atoms with van der Waals surface area (Å²) in [7, 11) is 0. The summed E-state index contributed by atoms with van der Waals surface area (Å²) in [5.41, 5.74) is 0.439. The topological polar surface area (TPSA) is 98.2 Å². The van der Waals surface area contributed by atoms with Gasteiger partial charge in [0.15, 0.2) is 6.10 Å². The molecule has 0 fully saturated rings. The quantitative estimate of drug-likeness (QED) is 0.549. The number of ketones is 1. The normalized spacial score (nSPS) is 11.9. The second kappa shape index (κ2) is 7.41. The SMILES string of the molecule is Cc1ccc(C(=O)C(C)OC(=O)Cn2[nH]c(=O)c3ccccc3c2=O)cc1. The van der Waals surface area contributed by atoms with Gasteiger partial charge in [-0.05, 0) is 26.0 Å². The van der Waals surface area contributed by atoms with E-state index < -0.39 is 29.7 Å². The molecule has 3 aromatic rings. The lowest BCUT2D eigenvalue weighted by molar-refractivity contribution is -0.147. The Hall–Kier alpha value is -3.48. The highest BCUT2D eigenvalue weighted by Crippen LogP contribution is 2.09. The van der Waals surface area contributed by atoms with E-state index in [9.17, 15) is 19.2 Å². The van der Waals surface area contributed by atoms with E-state index in [0.29, 0.717) is 5.56 Å². The summed E-state index contributed by atoms with van der Waals surface area (Å²) >= 11 is 0. The number of rotatable bonds is 5. The van der Waals surface area contributed by atoms with Gasteiger partial charge in [0.1, 0.15) is 6.54 Å². The van der Waals surface area contributed by atoms with Crippen LogP contribution in [0.15, 0.2) is 58.1 Å². The molecule has 0 aliphatic carbocycles. The smallest absolute Gasteiger partial charge is 0.328 e. The molecule has 138 valence electrons. The number of fused-ring (bicyclic) bond motifs is 1. The van der Waals surface area contributed by atoms with Crippen LogP contribution in [-0.2, 0) is 16.1 Å². The number of Topliss-reactive ketones (excluding diaryl/α,β-unsaturated/α-hetero) is 1. The van der Waals surface area contributed by atoms with Crippen molar-refractivity contribution in [1.82, 2.24) is 9.78 Å². The van der Waals surface area contributed by atoms with Crippen LogP contribution in [0.3, 0.4) is 0 Å². The summed E-state index contributed by atoms with van der Waals surface area (Å²) in [6.45, 7) is 2.87. The Bertz CT molecular complexity index is 1130. The van der Waals surface area contributed by atoms with E-state index in [0.717, 1.165) is 10.2 Å². The lowest BCUT2D eigenvalue weighted by Crippen LogP contribution is -2.34. The van der Waals surface area contributed by atoms with Gasteiger partial charge in [-0.2, -0.15) is 0 Å². The number of H-pyrrole nitrogens is 1. The number of nitrogens with zero attached hydrogens (tertiary/aromatic N) is 1. The van der Waals surface area contributed by atoms with Crippen molar-refractivity contribution in [3.05, 3.63) is 80.4 Å². The Labute approximate surface area is 154 Å². The Morgan fingerprint density at radius 2 is 1.67 bits per heavy atom. The first kappa shape index (κ1) is 18.3. The van der Waals surface area contributed by atoms with Crippen molar-refractivity contribution in [3.63, 3.8) is 0 Å². The molecule has 1 N–H and O–H groups in total. The van der Waals surface area contributed by atoms with Crippen molar-refractivity contribution < 1.29 is 14.3 Å². The Balaban J connectivity index is 1.76. The first-order valence-corrected chi connectivity index (χ1v) is 8.39. The Morgan fingerprint density at radius 3 is 2.33 bits per heavy atom. The van der Waals surface area contributed by atoms with Crippen LogP contribution in [0.5, 0.6) is 0 Å². The van der Waals surface area contributed by atoms with E-state index in [2.05, 4.69) is 5.10 Å². The Kier molecular flexibility index (Phi) is 5.03. The Morgan fingerprint density at radius 1 is 1.04 bits per heavy atom. The van der Waals surface area contributed by atoms with E-state index >= 15 is 0 Å². The van der Waals surface area contributed by atoms with Gasteiger partial charge < -0.3 is 4.74 Å². The maximum absolute atomic E-state index is 12.4. The number of ether oxygens (including phenoxy) is 1. The van der Waals surface area contributed by atoms with Gasteiger partial charge in [-0.15, -0.1) is 0 Å². The van der Waals surface area contributed by atoms with Crippen LogP contribution in [0, 0.1) is 6.92 Å². The number of hydrogen-bond acceptors (Lipinski definition) is 5. The van der Waals surface area contributed by atoms with Gasteiger partial charge in [-0.3, -0.25) is 24.3 Å². The summed E-state index contributed by atoms with van der Waals surface area (Å²) in [5.74, 6) is -1.14. The van der Waals surface area contributed by atoms with E-state index in [1.807, 2.05) is 6.92 Å². The summed E-state index contributed by atoms with van der Waals surface area (Å²) in [5, 5.41) is 2.80. The van der Waals surface area contributed by atoms with Gasteiger partial charge in [0.05, 0.1) is 10.8 Å². The number of benzene rings is 2. The third-order valence-corrected chi connectivity index (χ3v) is 4.18. The van der Waals surface area contributed by atoms with Crippen molar-refractivity contribution >= 4 is 22.5 Å². The number of nitrogens with one attached hydrogen (secondary N) is 1. The molecule has 0 aliphatic heterocycles. The summed E-state index contributed by atoms with van der Waals surface area (Å²) in [6, 6.07) is 13.2. The lowest BCUT2D eigenvalue weighted by Gasteiger charge is -2.13. The fraction of sp³-hybridized carbons (Fsp3) is 0.200. The predicted octanol–water partition coefficient (Wildman–Crippen LogP) is 1.81. The molecule has 0 amide bonds. The fourth-order valence-electron chi connectivity index (χ4n) is 2.73. The van der Waals surface area contributed by atoms with E-state index in [1.54, 1.807) is 36.4 Å². The van der Waals surface area contributed by atoms with Crippen LogP contribution < -0.4 is 11.1 Å². The summed E-state index contributed by atoms with van der Waals surface area (Å²) in [4.78, 5) is 49.0. The van der Waals surface area contributed by atoms with Crippen LogP contribution in [-0.4, -0.2) is 27.6 Å². The summed E-state index contributed by atoms with van der Waals surface area (Å²) in [6.07, 6.45) is -1.01. The molecule has 1 aromatic heterocycles. The molecule has 1 atom stereocenters. The number of carbonyl (C=O) groups excluding carboxylic acids is 2. The highest BCUT2D eigenvalue weighted by Gasteiger charge is 2.20. The first-order valence-electron chi connectivity index (χ1n) is 8.39. The van der Waals surface area contributed by atoms with Gasteiger partial charge in [0.25, 0.3) is 11.1 Å². The second-order valence-corrected chi connectivity index (χ2v) is 6.24. The number of esters is 1. The lowest BCUT2D eigenvalue weighted by atomic mass is 10.1. The molecular weight excluding hydrogens is 348 g/mol. The molecule has 2 aromatic carbocycles. The zero-order valence-electron chi connectivity index (χ0n) is 14.9. The molecule has 1 heterocycles. The standard InChI is InChI=1S/C20H18N2O5/c1-12-7-9-14(10-8-12)18(24)13(2)27-17(23)11-22-20(26)16-6-4-3-5-15(16)19(25)21-22/h3-10,13H,11H2,1-2H3,(H,21,25). The average molecular weight is 366 g/mol. The molecular formula is C20H18N2O5. The van der Waals surface area contributed by atoms with Crippen LogP contribution in [0.25, 0.3) is 10.8 Å². The molecule has 27 heavy (non-hydrogen) atoms. The van der Waals surface area contributed by atoms with Crippen molar-refractivity contribution in [2.24, 2.45) is 0 Å². The predicted molar refractivity (Wildman–Crippen MR) is 99.9 cm³/mol. The second-order valence-electron chi connectivity index (χ2n) is 6.24. The molecule has 0 saturated heterocycles. The van der Waals surface area contributed by atoms with Gasteiger partial charge in [-0.25, -0.2) is 4.68 Å². The molecule has 0 saturated carbocycles. The number of aryl methyl sites for hydroxylation is 1. The molecule has 1 unspecified atom stereocenters. The highest BCUT2D eigenvalue weighted by molar-refractivity contribution is 6.00. The van der Waals surface area contributed by atoms with Crippen molar-refractivity contribution in [1.29, 1.82) is 0 Å². The number of aromatic nitrogens is 2. The van der Waals surface area contributed by atoms with E-state index in [4.69, 9.17) is 4.74 Å². The van der Waals surface area contributed by atoms with Crippen LogP contribution in [0.1, 0.15) is 22.8 Å². The maximum atomic E-state index is 12.4. The minimum absolute atomic E-state index is 0.206.